The van der Waals surface area contributed by atoms with E-state index in [0.717, 1.165) is 49.8 Å². The highest BCUT2D eigenvalue weighted by atomic mass is 15.3. The normalized spacial score (nSPS) is 14.9. The van der Waals surface area contributed by atoms with Gasteiger partial charge in [-0.3, -0.25) is 4.90 Å². The summed E-state index contributed by atoms with van der Waals surface area (Å²) in [5, 5.41) is 11.6. The molecule has 0 aliphatic carbocycles. The van der Waals surface area contributed by atoms with Gasteiger partial charge in [0.15, 0.2) is 5.82 Å². The number of aryl methyl sites for hydroxylation is 2. The van der Waals surface area contributed by atoms with Crippen LogP contribution in [0, 0.1) is 13.8 Å². The van der Waals surface area contributed by atoms with Crippen molar-refractivity contribution in [1.29, 1.82) is 0 Å². The molecule has 3 aromatic rings. The summed E-state index contributed by atoms with van der Waals surface area (Å²) in [6, 6.07) is 16.9. The molecular weight excluding hydrogens is 348 g/mol. The lowest BCUT2D eigenvalue weighted by Gasteiger charge is -2.35. The predicted molar refractivity (Wildman–Crippen MR) is 113 cm³/mol. The summed E-state index contributed by atoms with van der Waals surface area (Å²) >= 11 is 0. The number of nitrogens with zero attached hydrogens (tertiary/aromatic N) is 5. The molecule has 1 aliphatic heterocycles. The standard InChI is InChI=1S/C22H26N6/c1-17-8-9-18(2)20(14-17)24-22-25-21(15-23-26-22)28-12-10-27(11-13-28)16-19-6-4-3-5-7-19/h3-9,14-15H,10-13,16H2,1-2H3,(H,24,25,26). The fourth-order valence-electron chi connectivity index (χ4n) is 3.47. The molecule has 0 amide bonds. The maximum atomic E-state index is 4.69. The van der Waals surface area contributed by atoms with Gasteiger partial charge in [0.25, 0.3) is 0 Å². The number of benzene rings is 2. The number of piperazine rings is 1. The summed E-state index contributed by atoms with van der Waals surface area (Å²) in [7, 11) is 0. The van der Waals surface area contributed by atoms with Crippen molar-refractivity contribution in [2.75, 3.05) is 36.4 Å². The molecule has 2 heterocycles. The van der Waals surface area contributed by atoms with Gasteiger partial charge in [-0.05, 0) is 36.6 Å². The average Bonchev–Trinajstić information content (AvgIpc) is 2.72. The largest absolute Gasteiger partial charge is 0.353 e. The molecule has 1 fully saturated rings. The van der Waals surface area contributed by atoms with Crippen LogP contribution in [0.15, 0.2) is 54.7 Å². The molecule has 2 aromatic carbocycles. The molecule has 1 saturated heterocycles. The Morgan fingerprint density at radius 3 is 2.54 bits per heavy atom. The van der Waals surface area contributed by atoms with Gasteiger partial charge in [0, 0.05) is 38.4 Å². The first-order valence-electron chi connectivity index (χ1n) is 9.72. The third-order valence-corrected chi connectivity index (χ3v) is 5.13. The van der Waals surface area contributed by atoms with E-state index in [2.05, 4.69) is 87.7 Å². The summed E-state index contributed by atoms with van der Waals surface area (Å²) in [4.78, 5) is 9.46. The SMILES string of the molecule is Cc1ccc(C)c(Nc2nncc(N3CCN(Cc4ccccc4)CC3)n2)c1. The lowest BCUT2D eigenvalue weighted by Crippen LogP contribution is -2.46. The maximum Gasteiger partial charge on any atom is 0.249 e. The topological polar surface area (TPSA) is 57.2 Å². The monoisotopic (exact) mass is 374 g/mol. The van der Waals surface area contributed by atoms with Crippen molar-refractivity contribution in [2.45, 2.75) is 20.4 Å². The van der Waals surface area contributed by atoms with Gasteiger partial charge in [0.1, 0.15) is 0 Å². The van der Waals surface area contributed by atoms with Crippen LogP contribution in [-0.2, 0) is 6.54 Å². The van der Waals surface area contributed by atoms with Crippen LogP contribution in [0.25, 0.3) is 0 Å². The van der Waals surface area contributed by atoms with Crippen LogP contribution in [0.5, 0.6) is 0 Å². The van der Waals surface area contributed by atoms with E-state index in [1.54, 1.807) is 6.20 Å². The highest BCUT2D eigenvalue weighted by Crippen LogP contribution is 2.21. The quantitative estimate of drug-likeness (QED) is 0.737. The fourth-order valence-corrected chi connectivity index (χ4v) is 3.47. The second-order valence-electron chi connectivity index (χ2n) is 7.33. The van der Waals surface area contributed by atoms with Crippen molar-refractivity contribution in [1.82, 2.24) is 20.1 Å². The van der Waals surface area contributed by atoms with Crippen molar-refractivity contribution in [3.63, 3.8) is 0 Å². The molecule has 6 nitrogen and oxygen atoms in total. The number of aromatic nitrogens is 3. The second kappa shape index (κ2) is 8.35. The zero-order valence-electron chi connectivity index (χ0n) is 16.5. The van der Waals surface area contributed by atoms with E-state index in [1.165, 1.54) is 11.1 Å². The molecule has 6 heteroatoms. The lowest BCUT2D eigenvalue weighted by molar-refractivity contribution is 0.249. The van der Waals surface area contributed by atoms with Gasteiger partial charge in [-0.25, -0.2) is 0 Å². The highest BCUT2D eigenvalue weighted by Gasteiger charge is 2.19. The van der Waals surface area contributed by atoms with Gasteiger partial charge in [-0.1, -0.05) is 42.5 Å². The first kappa shape index (κ1) is 18.4. The van der Waals surface area contributed by atoms with Gasteiger partial charge in [0.05, 0.1) is 6.20 Å². The van der Waals surface area contributed by atoms with Crippen LogP contribution in [0.2, 0.25) is 0 Å². The van der Waals surface area contributed by atoms with E-state index < -0.39 is 0 Å². The Balaban J connectivity index is 1.39. The molecule has 28 heavy (non-hydrogen) atoms. The molecule has 1 N–H and O–H groups in total. The fraction of sp³-hybridized carbons (Fsp3) is 0.318. The van der Waals surface area contributed by atoms with Crippen LogP contribution in [0.4, 0.5) is 17.5 Å². The van der Waals surface area contributed by atoms with E-state index >= 15 is 0 Å². The van der Waals surface area contributed by atoms with Crippen molar-refractivity contribution >= 4 is 17.5 Å². The molecule has 0 unspecified atom stereocenters. The molecule has 0 radical (unpaired) electrons. The van der Waals surface area contributed by atoms with Crippen molar-refractivity contribution in [3.8, 4) is 0 Å². The van der Waals surface area contributed by atoms with Gasteiger partial charge in [-0.15, -0.1) is 5.10 Å². The first-order valence-corrected chi connectivity index (χ1v) is 9.72. The van der Waals surface area contributed by atoms with Gasteiger partial charge in [0.2, 0.25) is 5.95 Å². The predicted octanol–water partition coefficient (Wildman–Crippen LogP) is 3.55. The summed E-state index contributed by atoms with van der Waals surface area (Å²) in [6.45, 7) is 9.05. The molecule has 1 aliphatic rings. The summed E-state index contributed by atoms with van der Waals surface area (Å²) in [6.07, 6.45) is 1.75. The van der Waals surface area contributed by atoms with E-state index in [9.17, 15) is 0 Å². The minimum Gasteiger partial charge on any atom is -0.353 e. The number of rotatable bonds is 5. The minimum absolute atomic E-state index is 0.540. The van der Waals surface area contributed by atoms with Crippen LogP contribution < -0.4 is 10.2 Å². The molecule has 1 aromatic heterocycles. The number of hydrogen-bond acceptors (Lipinski definition) is 6. The molecule has 0 bridgehead atoms. The van der Waals surface area contributed by atoms with E-state index in [1.807, 2.05) is 0 Å². The Morgan fingerprint density at radius 2 is 1.75 bits per heavy atom. The molecule has 0 spiro atoms. The molecule has 0 atom stereocenters. The van der Waals surface area contributed by atoms with E-state index in [4.69, 9.17) is 4.98 Å². The maximum absolute atomic E-state index is 4.69. The first-order chi connectivity index (χ1) is 13.7. The van der Waals surface area contributed by atoms with Crippen molar-refractivity contribution in [3.05, 3.63) is 71.4 Å². The van der Waals surface area contributed by atoms with Gasteiger partial charge >= 0.3 is 0 Å². The molecule has 0 saturated carbocycles. The average molecular weight is 374 g/mol. The molecule has 144 valence electrons. The minimum atomic E-state index is 0.540. The lowest BCUT2D eigenvalue weighted by atomic mass is 10.1. The molecule has 4 rings (SSSR count). The molecular formula is C22H26N6. The summed E-state index contributed by atoms with van der Waals surface area (Å²) in [5.41, 5.74) is 4.74. The van der Waals surface area contributed by atoms with Gasteiger partial charge in [-0.2, -0.15) is 10.1 Å². The van der Waals surface area contributed by atoms with Crippen LogP contribution in [0.1, 0.15) is 16.7 Å². The Morgan fingerprint density at radius 1 is 0.964 bits per heavy atom. The third-order valence-electron chi connectivity index (χ3n) is 5.13. The number of anilines is 3. The summed E-state index contributed by atoms with van der Waals surface area (Å²) in [5.74, 6) is 1.42. The number of hydrogen-bond donors (Lipinski definition) is 1. The van der Waals surface area contributed by atoms with Crippen LogP contribution in [-0.4, -0.2) is 46.3 Å². The Hall–Kier alpha value is -2.99. The number of nitrogens with one attached hydrogen (secondary N) is 1. The Labute approximate surface area is 166 Å². The highest BCUT2D eigenvalue weighted by molar-refractivity contribution is 5.60. The Kier molecular flexibility index (Phi) is 5.48. The Bertz CT molecular complexity index is 919. The second-order valence-corrected chi connectivity index (χ2v) is 7.33. The van der Waals surface area contributed by atoms with E-state index in [-0.39, 0.29) is 0 Å². The van der Waals surface area contributed by atoms with Crippen LogP contribution in [0.3, 0.4) is 0 Å². The zero-order chi connectivity index (χ0) is 19.3. The zero-order valence-corrected chi connectivity index (χ0v) is 16.5. The third kappa shape index (κ3) is 4.46. The van der Waals surface area contributed by atoms with E-state index in [0.29, 0.717) is 5.95 Å². The smallest absolute Gasteiger partial charge is 0.249 e. The van der Waals surface area contributed by atoms with Crippen molar-refractivity contribution < 1.29 is 0 Å². The summed E-state index contributed by atoms with van der Waals surface area (Å²) < 4.78 is 0. The van der Waals surface area contributed by atoms with Crippen molar-refractivity contribution in [2.24, 2.45) is 0 Å². The van der Waals surface area contributed by atoms with Crippen LogP contribution >= 0.6 is 0 Å². The van der Waals surface area contributed by atoms with Gasteiger partial charge < -0.3 is 10.2 Å².